The number of carbonyl (C=O) groups excluding carboxylic acids is 1. The van der Waals surface area contributed by atoms with E-state index in [4.69, 9.17) is 5.73 Å². The smallest absolute Gasteiger partial charge is 0.332 e. The second-order valence-corrected chi connectivity index (χ2v) is 5.41. The third-order valence-electron chi connectivity index (χ3n) is 3.85. The lowest BCUT2D eigenvalue weighted by molar-refractivity contribution is 0.249. The van der Waals surface area contributed by atoms with Gasteiger partial charge in [-0.15, -0.1) is 0 Å². The van der Waals surface area contributed by atoms with Crippen LogP contribution >= 0.6 is 0 Å². The number of amides is 2. The second kappa shape index (κ2) is 6.57. The summed E-state index contributed by atoms with van der Waals surface area (Å²) in [4.78, 5) is 10.7. The number of allylic oxidation sites excluding steroid dienone is 2. The fourth-order valence-corrected chi connectivity index (χ4v) is 2.54. The summed E-state index contributed by atoms with van der Waals surface area (Å²) in [6.45, 7) is 8.74. The quantitative estimate of drug-likeness (QED) is 0.450. The minimum atomic E-state index is -0.598. The molecule has 1 aliphatic carbocycles. The number of urea groups is 1. The fraction of sp³-hybridized carbons (Fsp3) is 0.714. The van der Waals surface area contributed by atoms with Gasteiger partial charge in [0.2, 0.25) is 0 Å². The van der Waals surface area contributed by atoms with Crippen LogP contribution in [0.1, 0.15) is 47.0 Å². The molecule has 0 aromatic rings. The first kappa shape index (κ1) is 14.7. The molecule has 1 aliphatic rings. The van der Waals surface area contributed by atoms with Crippen LogP contribution in [0.25, 0.3) is 0 Å². The van der Waals surface area contributed by atoms with Crippen molar-refractivity contribution in [3.05, 3.63) is 11.6 Å². The Morgan fingerprint density at radius 3 is 2.78 bits per heavy atom. The van der Waals surface area contributed by atoms with Crippen molar-refractivity contribution in [3.63, 3.8) is 0 Å². The van der Waals surface area contributed by atoms with E-state index in [1.54, 1.807) is 0 Å². The van der Waals surface area contributed by atoms with E-state index >= 15 is 0 Å². The fourth-order valence-electron chi connectivity index (χ4n) is 2.54. The van der Waals surface area contributed by atoms with Crippen molar-refractivity contribution in [2.24, 2.45) is 28.6 Å². The largest absolute Gasteiger partial charge is 0.350 e. The van der Waals surface area contributed by atoms with Gasteiger partial charge in [0.1, 0.15) is 0 Å². The number of rotatable bonds is 4. The normalized spacial score (nSPS) is 24.9. The molecule has 0 aromatic carbocycles. The molecule has 4 nitrogen and oxygen atoms in total. The Morgan fingerprint density at radius 1 is 1.61 bits per heavy atom. The SMILES string of the molecule is CC/C(=N/NC(N)=O)[C@@H]1C[C@H](C(C)C)CC=C1C. The van der Waals surface area contributed by atoms with Crippen LogP contribution in [0, 0.1) is 17.8 Å². The highest BCUT2D eigenvalue weighted by Crippen LogP contribution is 2.34. The zero-order valence-electron chi connectivity index (χ0n) is 11.9. The Balaban J connectivity index is 2.84. The van der Waals surface area contributed by atoms with Crippen LogP contribution in [0.5, 0.6) is 0 Å². The molecule has 0 spiro atoms. The Labute approximate surface area is 110 Å². The van der Waals surface area contributed by atoms with E-state index in [0.29, 0.717) is 17.8 Å². The van der Waals surface area contributed by atoms with Crippen LogP contribution in [0.2, 0.25) is 0 Å². The van der Waals surface area contributed by atoms with Crippen molar-refractivity contribution in [1.29, 1.82) is 0 Å². The monoisotopic (exact) mass is 251 g/mol. The molecule has 0 saturated heterocycles. The van der Waals surface area contributed by atoms with E-state index in [1.807, 2.05) is 0 Å². The molecule has 0 fully saturated rings. The van der Waals surface area contributed by atoms with Gasteiger partial charge in [-0.1, -0.05) is 32.4 Å². The Hall–Kier alpha value is -1.32. The van der Waals surface area contributed by atoms with Crippen molar-refractivity contribution in [3.8, 4) is 0 Å². The van der Waals surface area contributed by atoms with E-state index in [2.05, 4.69) is 44.3 Å². The Bertz CT molecular complexity index is 358. The van der Waals surface area contributed by atoms with Crippen LogP contribution in [0.4, 0.5) is 4.79 Å². The number of nitrogens with one attached hydrogen (secondary N) is 1. The molecule has 18 heavy (non-hydrogen) atoms. The molecule has 2 atom stereocenters. The minimum absolute atomic E-state index is 0.350. The van der Waals surface area contributed by atoms with Gasteiger partial charge in [0.05, 0.1) is 0 Å². The third kappa shape index (κ3) is 3.86. The van der Waals surface area contributed by atoms with E-state index < -0.39 is 6.03 Å². The topological polar surface area (TPSA) is 67.5 Å². The Morgan fingerprint density at radius 2 is 2.28 bits per heavy atom. The summed E-state index contributed by atoms with van der Waals surface area (Å²) in [7, 11) is 0. The van der Waals surface area contributed by atoms with Gasteiger partial charge in [0.15, 0.2) is 0 Å². The number of nitrogens with zero attached hydrogens (tertiary/aromatic N) is 1. The van der Waals surface area contributed by atoms with Gasteiger partial charge >= 0.3 is 6.03 Å². The first-order valence-corrected chi connectivity index (χ1v) is 6.74. The summed E-state index contributed by atoms with van der Waals surface area (Å²) in [6, 6.07) is -0.598. The first-order valence-electron chi connectivity index (χ1n) is 6.74. The molecule has 0 heterocycles. The summed E-state index contributed by atoms with van der Waals surface area (Å²) < 4.78 is 0. The first-order chi connectivity index (χ1) is 8.45. The maximum Gasteiger partial charge on any atom is 0.332 e. The number of hydrogen-bond donors (Lipinski definition) is 2. The van der Waals surface area contributed by atoms with Crippen molar-refractivity contribution in [1.82, 2.24) is 5.43 Å². The summed E-state index contributed by atoms with van der Waals surface area (Å²) >= 11 is 0. The number of hydrogen-bond acceptors (Lipinski definition) is 2. The molecule has 4 heteroatoms. The maximum atomic E-state index is 10.7. The van der Waals surface area contributed by atoms with Gasteiger partial charge in [-0.3, -0.25) is 0 Å². The zero-order chi connectivity index (χ0) is 13.7. The van der Waals surface area contributed by atoms with E-state index in [1.165, 1.54) is 5.57 Å². The molecule has 0 aliphatic heterocycles. The van der Waals surface area contributed by atoms with Crippen LogP contribution in [0.3, 0.4) is 0 Å². The van der Waals surface area contributed by atoms with Gasteiger partial charge in [-0.25, -0.2) is 10.2 Å². The van der Waals surface area contributed by atoms with E-state index in [-0.39, 0.29) is 0 Å². The highest BCUT2D eigenvalue weighted by atomic mass is 16.2. The van der Waals surface area contributed by atoms with Gasteiger partial charge in [0, 0.05) is 11.6 Å². The van der Waals surface area contributed by atoms with Crippen LogP contribution in [-0.2, 0) is 0 Å². The lowest BCUT2D eigenvalue weighted by atomic mass is 9.74. The molecule has 0 aromatic heterocycles. The summed E-state index contributed by atoms with van der Waals surface area (Å²) in [5.74, 6) is 1.73. The van der Waals surface area contributed by atoms with E-state index in [0.717, 1.165) is 25.0 Å². The average molecular weight is 251 g/mol. The summed E-state index contributed by atoms with van der Waals surface area (Å²) in [5, 5.41) is 4.16. The Kier molecular flexibility index (Phi) is 5.38. The summed E-state index contributed by atoms with van der Waals surface area (Å²) in [6.07, 6.45) is 5.42. The average Bonchev–Trinajstić information content (AvgIpc) is 2.31. The van der Waals surface area contributed by atoms with Crippen molar-refractivity contribution >= 4 is 11.7 Å². The zero-order valence-corrected chi connectivity index (χ0v) is 11.9. The molecule has 0 unspecified atom stereocenters. The van der Waals surface area contributed by atoms with Crippen LogP contribution in [0.15, 0.2) is 16.8 Å². The van der Waals surface area contributed by atoms with Crippen molar-refractivity contribution < 1.29 is 4.79 Å². The number of nitrogens with two attached hydrogens (primary N) is 1. The molecule has 1 rings (SSSR count). The molecule has 0 bridgehead atoms. The van der Waals surface area contributed by atoms with Gasteiger partial charge < -0.3 is 5.73 Å². The maximum absolute atomic E-state index is 10.7. The molecule has 0 radical (unpaired) electrons. The van der Waals surface area contributed by atoms with Crippen molar-refractivity contribution in [2.45, 2.75) is 47.0 Å². The molecular formula is C14H25N3O. The third-order valence-corrected chi connectivity index (χ3v) is 3.85. The lowest BCUT2D eigenvalue weighted by Gasteiger charge is -2.31. The minimum Gasteiger partial charge on any atom is -0.350 e. The summed E-state index contributed by atoms with van der Waals surface area (Å²) in [5.41, 5.74) is 9.80. The van der Waals surface area contributed by atoms with Crippen LogP contribution < -0.4 is 11.2 Å². The van der Waals surface area contributed by atoms with Crippen LogP contribution in [-0.4, -0.2) is 11.7 Å². The number of hydrazone groups is 1. The second-order valence-electron chi connectivity index (χ2n) is 5.41. The highest BCUT2D eigenvalue weighted by Gasteiger charge is 2.27. The molecule has 2 amide bonds. The van der Waals surface area contributed by atoms with E-state index in [9.17, 15) is 4.79 Å². The standard InChI is InChI=1S/C14H25N3O/c1-5-13(16-17-14(15)18)12-8-11(9(2)3)7-6-10(12)4/h6,9,11-12H,5,7-8H2,1-4H3,(H3,15,17,18)/b16-13-/t11-,12-/m1/s1. The van der Waals surface area contributed by atoms with Crippen molar-refractivity contribution in [2.75, 3.05) is 0 Å². The number of primary amides is 1. The molecule has 102 valence electrons. The molecule has 0 saturated carbocycles. The predicted octanol–water partition coefficient (Wildman–Crippen LogP) is 3.05. The predicted molar refractivity (Wildman–Crippen MR) is 75.3 cm³/mol. The van der Waals surface area contributed by atoms with Gasteiger partial charge in [-0.05, 0) is 38.0 Å². The molecular weight excluding hydrogens is 226 g/mol. The van der Waals surface area contributed by atoms with Gasteiger partial charge in [0.25, 0.3) is 0 Å². The molecule has 3 N–H and O–H groups in total. The van der Waals surface area contributed by atoms with Gasteiger partial charge in [-0.2, -0.15) is 5.10 Å². The lowest BCUT2D eigenvalue weighted by Crippen LogP contribution is -2.30. The number of carbonyl (C=O) groups is 1. The highest BCUT2D eigenvalue weighted by molar-refractivity contribution is 5.90.